The van der Waals surface area contributed by atoms with Crippen molar-refractivity contribution in [1.29, 1.82) is 0 Å². The third kappa shape index (κ3) is 3.00. The molecule has 0 saturated heterocycles. The molecular weight excluding hydrogens is 306 g/mol. The van der Waals surface area contributed by atoms with E-state index in [-0.39, 0.29) is 11.5 Å². The lowest BCUT2D eigenvalue weighted by molar-refractivity contribution is 0.580. The zero-order valence-corrected chi connectivity index (χ0v) is 13.8. The zero-order chi connectivity index (χ0) is 16.3. The van der Waals surface area contributed by atoms with Crippen LogP contribution in [0.5, 0.6) is 0 Å². The first kappa shape index (κ1) is 15.7. The maximum Gasteiger partial charge on any atom is 0.150 e. The summed E-state index contributed by atoms with van der Waals surface area (Å²) in [7, 11) is -2.87. The number of hydrogen-bond donors (Lipinski definition) is 0. The van der Waals surface area contributed by atoms with Crippen molar-refractivity contribution in [2.75, 3.05) is 0 Å². The van der Waals surface area contributed by atoms with Gasteiger partial charge in [-0.05, 0) is 17.7 Å². The molecule has 0 aliphatic heterocycles. The van der Waals surface area contributed by atoms with Crippen LogP contribution in [0, 0.1) is 5.82 Å². The minimum atomic E-state index is -2.87. The lowest BCUT2D eigenvalue weighted by atomic mass is 10.2. The van der Waals surface area contributed by atoms with E-state index in [0.717, 1.165) is 16.2 Å². The van der Waals surface area contributed by atoms with Crippen molar-refractivity contribution < 1.29 is 8.96 Å². The molecular formula is C20H18FOP. The van der Waals surface area contributed by atoms with Crippen LogP contribution in [-0.4, -0.2) is 0 Å². The lowest BCUT2D eigenvalue weighted by Gasteiger charge is -2.26. The molecule has 0 unspecified atom stereocenters. The van der Waals surface area contributed by atoms with E-state index >= 15 is 0 Å². The first-order valence-corrected chi connectivity index (χ1v) is 9.36. The van der Waals surface area contributed by atoms with Crippen LogP contribution in [0.3, 0.4) is 0 Å². The first-order valence-electron chi connectivity index (χ1n) is 7.59. The SMILES string of the molecule is C[C@@H](c1ccc(F)cc1)P(=O)(c1ccccc1)c1ccccc1. The number of hydrogen-bond acceptors (Lipinski definition) is 1. The predicted octanol–water partition coefficient (Wildman–Crippen LogP) is 4.90. The third-order valence-corrected chi connectivity index (χ3v) is 7.70. The van der Waals surface area contributed by atoms with Crippen LogP contribution >= 0.6 is 7.14 Å². The minimum Gasteiger partial charge on any atom is -0.313 e. The summed E-state index contributed by atoms with van der Waals surface area (Å²) >= 11 is 0. The van der Waals surface area contributed by atoms with Crippen LogP contribution < -0.4 is 10.6 Å². The standard InChI is InChI=1S/C20H18FOP/c1-16(17-12-14-18(21)15-13-17)23(22,19-8-4-2-5-9-19)20-10-6-3-7-11-20/h2-16H,1H3/t16-/m0/s1. The summed E-state index contributed by atoms with van der Waals surface area (Å²) in [4.78, 5) is 0. The van der Waals surface area contributed by atoms with Crippen LogP contribution in [0.1, 0.15) is 18.1 Å². The van der Waals surface area contributed by atoms with E-state index in [9.17, 15) is 8.96 Å². The van der Waals surface area contributed by atoms with E-state index in [4.69, 9.17) is 0 Å². The average molecular weight is 324 g/mol. The van der Waals surface area contributed by atoms with Gasteiger partial charge in [0.2, 0.25) is 0 Å². The molecule has 0 spiro atoms. The van der Waals surface area contributed by atoms with Gasteiger partial charge in [-0.1, -0.05) is 79.7 Å². The maximum absolute atomic E-state index is 14.1. The summed E-state index contributed by atoms with van der Waals surface area (Å²) in [5.74, 6) is -0.282. The summed E-state index contributed by atoms with van der Waals surface area (Å²) in [6, 6.07) is 25.4. The van der Waals surface area contributed by atoms with E-state index in [1.54, 1.807) is 12.1 Å². The van der Waals surface area contributed by atoms with Crippen molar-refractivity contribution in [2.24, 2.45) is 0 Å². The van der Waals surface area contributed by atoms with E-state index in [2.05, 4.69) is 0 Å². The smallest absolute Gasteiger partial charge is 0.150 e. The molecule has 0 N–H and O–H groups in total. The van der Waals surface area contributed by atoms with Gasteiger partial charge in [0.1, 0.15) is 13.0 Å². The molecule has 1 nitrogen and oxygen atoms in total. The Bertz CT molecular complexity index is 770. The van der Waals surface area contributed by atoms with E-state index in [0.29, 0.717) is 0 Å². The number of benzene rings is 3. The molecule has 3 heteroatoms. The van der Waals surface area contributed by atoms with Gasteiger partial charge in [0, 0.05) is 16.3 Å². The average Bonchev–Trinajstić information content (AvgIpc) is 2.62. The highest BCUT2D eigenvalue weighted by Gasteiger charge is 2.34. The molecule has 116 valence electrons. The Hall–Kier alpha value is -2.18. The molecule has 0 saturated carbocycles. The quantitative estimate of drug-likeness (QED) is 0.624. The Balaban J connectivity index is 2.16. The second-order valence-corrected chi connectivity index (χ2v) is 8.68. The highest BCUT2D eigenvalue weighted by atomic mass is 31.2. The molecule has 1 atom stereocenters. The van der Waals surface area contributed by atoms with Crippen molar-refractivity contribution in [1.82, 2.24) is 0 Å². The van der Waals surface area contributed by atoms with Gasteiger partial charge < -0.3 is 4.57 Å². The lowest BCUT2D eigenvalue weighted by Crippen LogP contribution is -2.20. The summed E-state index contributed by atoms with van der Waals surface area (Å²) in [6.07, 6.45) is 0. The molecule has 0 aliphatic rings. The van der Waals surface area contributed by atoms with Gasteiger partial charge in [-0.15, -0.1) is 0 Å². The highest BCUT2D eigenvalue weighted by molar-refractivity contribution is 7.79. The molecule has 3 aromatic carbocycles. The van der Waals surface area contributed by atoms with E-state index in [1.165, 1.54) is 12.1 Å². The van der Waals surface area contributed by atoms with Crippen LogP contribution in [0.2, 0.25) is 0 Å². The van der Waals surface area contributed by atoms with Gasteiger partial charge >= 0.3 is 0 Å². The monoisotopic (exact) mass is 324 g/mol. The second-order valence-electron chi connectivity index (χ2n) is 5.56. The molecule has 0 fully saturated rings. The fourth-order valence-electron chi connectivity index (χ4n) is 2.85. The van der Waals surface area contributed by atoms with Gasteiger partial charge in [0.25, 0.3) is 0 Å². The molecule has 3 rings (SSSR count). The van der Waals surface area contributed by atoms with Gasteiger partial charge in [-0.3, -0.25) is 0 Å². The van der Waals surface area contributed by atoms with Crippen LogP contribution in [0.4, 0.5) is 4.39 Å². The fraction of sp³-hybridized carbons (Fsp3) is 0.100. The summed E-state index contributed by atoms with van der Waals surface area (Å²) in [6.45, 7) is 1.95. The molecule has 3 aromatic rings. The Morgan fingerprint density at radius 1 is 0.739 bits per heavy atom. The van der Waals surface area contributed by atoms with Gasteiger partial charge in [0.15, 0.2) is 0 Å². The predicted molar refractivity (Wildman–Crippen MR) is 94.6 cm³/mol. The zero-order valence-electron chi connectivity index (χ0n) is 12.9. The van der Waals surface area contributed by atoms with Gasteiger partial charge in [0.05, 0.1) is 0 Å². The minimum absolute atomic E-state index is 0.229. The second kappa shape index (κ2) is 6.52. The third-order valence-electron chi connectivity index (χ3n) is 4.18. The summed E-state index contributed by atoms with van der Waals surface area (Å²) < 4.78 is 27.3. The molecule has 0 bridgehead atoms. The summed E-state index contributed by atoms with van der Waals surface area (Å²) in [5, 5.41) is 1.64. The van der Waals surface area contributed by atoms with Gasteiger partial charge in [-0.25, -0.2) is 4.39 Å². The summed E-state index contributed by atoms with van der Waals surface area (Å²) in [5.41, 5.74) is 0.648. The van der Waals surface area contributed by atoms with Crippen LogP contribution in [-0.2, 0) is 4.57 Å². The largest absolute Gasteiger partial charge is 0.313 e. The van der Waals surface area contributed by atoms with Crippen LogP contribution in [0.25, 0.3) is 0 Å². The fourth-order valence-corrected chi connectivity index (χ4v) is 5.86. The highest BCUT2D eigenvalue weighted by Crippen LogP contribution is 2.56. The van der Waals surface area contributed by atoms with Crippen molar-refractivity contribution >= 4 is 17.8 Å². The van der Waals surface area contributed by atoms with Crippen molar-refractivity contribution in [3.63, 3.8) is 0 Å². The molecule has 0 heterocycles. The van der Waals surface area contributed by atoms with Crippen molar-refractivity contribution in [3.8, 4) is 0 Å². The molecule has 0 aliphatic carbocycles. The van der Waals surface area contributed by atoms with Gasteiger partial charge in [-0.2, -0.15) is 0 Å². The normalized spacial score (nSPS) is 12.8. The van der Waals surface area contributed by atoms with E-state index < -0.39 is 7.14 Å². The maximum atomic E-state index is 14.1. The Morgan fingerprint density at radius 3 is 1.61 bits per heavy atom. The molecule has 23 heavy (non-hydrogen) atoms. The molecule has 0 aromatic heterocycles. The topological polar surface area (TPSA) is 17.1 Å². The van der Waals surface area contributed by atoms with Crippen LogP contribution in [0.15, 0.2) is 84.9 Å². The van der Waals surface area contributed by atoms with E-state index in [1.807, 2.05) is 67.6 Å². The van der Waals surface area contributed by atoms with Crippen molar-refractivity contribution in [2.45, 2.75) is 12.6 Å². The molecule has 0 amide bonds. The Labute approximate surface area is 136 Å². The Kier molecular flexibility index (Phi) is 4.45. The Morgan fingerprint density at radius 2 is 1.17 bits per heavy atom. The molecule has 0 radical (unpaired) electrons. The van der Waals surface area contributed by atoms with Crippen molar-refractivity contribution in [3.05, 3.63) is 96.3 Å². The first-order chi connectivity index (χ1) is 11.1. The number of rotatable bonds is 4. The number of halogens is 1.